The normalized spacial score (nSPS) is 19.8. The number of anilines is 1. The summed E-state index contributed by atoms with van der Waals surface area (Å²) in [6.45, 7) is 6.22. The Labute approximate surface area is 194 Å². The van der Waals surface area contributed by atoms with Crippen molar-refractivity contribution in [1.29, 1.82) is 0 Å². The van der Waals surface area contributed by atoms with Gasteiger partial charge in [-0.1, -0.05) is 43.0 Å². The molecule has 7 heteroatoms. The summed E-state index contributed by atoms with van der Waals surface area (Å²) in [6.07, 6.45) is 2.37. The summed E-state index contributed by atoms with van der Waals surface area (Å²) >= 11 is 0. The Bertz CT molecular complexity index is 985. The number of para-hydroxylation sites is 2. The second kappa shape index (κ2) is 11.5. The topological polar surface area (TPSA) is 97.3 Å². The molecule has 176 valence electrons. The minimum absolute atomic E-state index is 0.0325. The van der Waals surface area contributed by atoms with Crippen LogP contribution in [-0.4, -0.2) is 42.7 Å². The summed E-state index contributed by atoms with van der Waals surface area (Å²) in [4.78, 5) is 13.0. The summed E-state index contributed by atoms with van der Waals surface area (Å²) < 4.78 is 17.1. The summed E-state index contributed by atoms with van der Waals surface area (Å²) in [6, 6.07) is 14.3. The van der Waals surface area contributed by atoms with Crippen LogP contribution in [0.15, 0.2) is 66.9 Å². The largest absolute Gasteiger partial charge is 0.506 e. The van der Waals surface area contributed by atoms with Crippen LogP contribution in [0.25, 0.3) is 5.76 Å². The average molecular weight is 454 g/mol. The number of aliphatic hydroxyl groups is 1. The number of carbonyl (C=O) groups excluding carboxylic acids is 1. The molecule has 0 aromatic heterocycles. The molecule has 0 fully saturated rings. The Kier molecular flexibility index (Phi) is 8.52. The zero-order valence-electron chi connectivity index (χ0n) is 19.0. The van der Waals surface area contributed by atoms with E-state index >= 15 is 0 Å². The molecule has 1 aliphatic heterocycles. The van der Waals surface area contributed by atoms with Gasteiger partial charge >= 0.3 is 0 Å². The number of amides is 1. The van der Waals surface area contributed by atoms with E-state index in [-0.39, 0.29) is 30.0 Å². The first kappa shape index (κ1) is 24.4. The number of hydrogen-bond donors (Lipinski definition) is 3. The van der Waals surface area contributed by atoms with Gasteiger partial charge in [-0.25, -0.2) is 0 Å². The maximum absolute atomic E-state index is 13.0. The van der Waals surface area contributed by atoms with Crippen molar-refractivity contribution in [2.24, 2.45) is 5.92 Å². The van der Waals surface area contributed by atoms with Crippen LogP contribution in [0.1, 0.15) is 36.8 Å². The van der Waals surface area contributed by atoms with E-state index in [1.54, 1.807) is 31.4 Å². The number of carbonyl (C=O) groups is 1. The van der Waals surface area contributed by atoms with E-state index in [1.165, 1.54) is 6.07 Å². The van der Waals surface area contributed by atoms with Crippen molar-refractivity contribution in [3.8, 4) is 5.75 Å². The van der Waals surface area contributed by atoms with E-state index in [2.05, 4.69) is 11.9 Å². The molecule has 1 heterocycles. The van der Waals surface area contributed by atoms with Gasteiger partial charge in [0.2, 0.25) is 6.29 Å². The SMILES string of the molecule is C=C(OC)c1ccc(C2C=C(C(=O)Nc3ccccc3O)O[C@H](OCC)[C@H]2CCCO)cc1. The molecule has 1 amide bonds. The van der Waals surface area contributed by atoms with Crippen molar-refractivity contribution < 1.29 is 29.2 Å². The first-order valence-corrected chi connectivity index (χ1v) is 11.0. The number of ether oxygens (including phenoxy) is 3. The standard InChI is InChI=1S/C26H31NO6/c1-4-32-26-20(8-7-15-28)21(19-13-11-18(12-14-19)17(2)31-3)16-24(33-26)25(30)27-22-9-5-6-10-23(22)29/h5-6,9-14,16,20-21,26,28-29H,2,4,7-8,15H2,1,3H3,(H,27,30)/t20-,21?,26-/m0/s1. The summed E-state index contributed by atoms with van der Waals surface area (Å²) in [5.74, 6) is -0.110. The van der Waals surface area contributed by atoms with Gasteiger partial charge in [0.25, 0.3) is 5.91 Å². The van der Waals surface area contributed by atoms with Crippen molar-refractivity contribution in [1.82, 2.24) is 0 Å². The minimum atomic E-state index is -0.657. The zero-order valence-corrected chi connectivity index (χ0v) is 19.0. The van der Waals surface area contributed by atoms with Crippen molar-refractivity contribution in [2.75, 3.05) is 25.6 Å². The number of nitrogens with one attached hydrogen (secondary N) is 1. The van der Waals surface area contributed by atoms with Crippen LogP contribution in [0.5, 0.6) is 5.75 Å². The van der Waals surface area contributed by atoms with E-state index in [0.717, 1.165) is 11.1 Å². The Morgan fingerprint density at radius 1 is 1.18 bits per heavy atom. The Morgan fingerprint density at radius 3 is 2.55 bits per heavy atom. The lowest BCUT2D eigenvalue weighted by molar-refractivity contribution is -0.165. The molecule has 0 saturated carbocycles. The molecule has 0 radical (unpaired) electrons. The smallest absolute Gasteiger partial charge is 0.290 e. The number of phenols is 1. The maximum Gasteiger partial charge on any atom is 0.290 e. The lowest BCUT2D eigenvalue weighted by Gasteiger charge is -2.37. The van der Waals surface area contributed by atoms with E-state index in [9.17, 15) is 15.0 Å². The maximum atomic E-state index is 13.0. The number of aliphatic hydroxyl groups excluding tert-OH is 1. The molecule has 0 saturated heterocycles. The van der Waals surface area contributed by atoms with Crippen LogP contribution in [0.3, 0.4) is 0 Å². The monoisotopic (exact) mass is 453 g/mol. The molecule has 2 aromatic rings. The third kappa shape index (κ3) is 5.94. The molecule has 0 spiro atoms. The summed E-state index contributed by atoms with van der Waals surface area (Å²) in [5.41, 5.74) is 2.14. The highest BCUT2D eigenvalue weighted by atomic mass is 16.7. The van der Waals surface area contributed by atoms with E-state index in [1.807, 2.05) is 31.2 Å². The molecule has 1 unspecified atom stereocenters. The van der Waals surface area contributed by atoms with Gasteiger partial charge in [0.05, 0.1) is 12.8 Å². The van der Waals surface area contributed by atoms with E-state index < -0.39 is 12.2 Å². The van der Waals surface area contributed by atoms with Crippen molar-refractivity contribution in [2.45, 2.75) is 32.0 Å². The lowest BCUT2D eigenvalue weighted by atomic mass is 9.80. The zero-order chi connectivity index (χ0) is 23.8. The molecular formula is C26H31NO6. The highest BCUT2D eigenvalue weighted by Gasteiger charge is 2.38. The summed E-state index contributed by atoms with van der Waals surface area (Å²) in [5, 5.41) is 22.1. The van der Waals surface area contributed by atoms with Gasteiger partial charge in [0.15, 0.2) is 5.76 Å². The molecule has 3 atom stereocenters. The van der Waals surface area contributed by atoms with Crippen molar-refractivity contribution >= 4 is 17.4 Å². The predicted molar refractivity (Wildman–Crippen MR) is 126 cm³/mol. The highest BCUT2D eigenvalue weighted by molar-refractivity contribution is 6.03. The molecular weight excluding hydrogens is 422 g/mol. The van der Waals surface area contributed by atoms with Crippen LogP contribution in [0.2, 0.25) is 0 Å². The molecule has 0 bridgehead atoms. The molecule has 7 nitrogen and oxygen atoms in total. The fourth-order valence-corrected chi connectivity index (χ4v) is 3.92. The van der Waals surface area contributed by atoms with Gasteiger partial charge in [-0.15, -0.1) is 0 Å². The van der Waals surface area contributed by atoms with Crippen LogP contribution in [0, 0.1) is 5.92 Å². The molecule has 1 aliphatic rings. The molecule has 33 heavy (non-hydrogen) atoms. The number of phenolic OH excluding ortho intramolecular Hbond substituents is 1. The van der Waals surface area contributed by atoms with Gasteiger partial charge in [-0.3, -0.25) is 4.79 Å². The number of aromatic hydroxyl groups is 1. The van der Waals surface area contributed by atoms with E-state index in [4.69, 9.17) is 14.2 Å². The molecule has 0 aliphatic carbocycles. The fraction of sp³-hybridized carbons (Fsp3) is 0.346. The predicted octanol–water partition coefficient (Wildman–Crippen LogP) is 4.40. The highest BCUT2D eigenvalue weighted by Crippen LogP contribution is 2.40. The number of methoxy groups -OCH3 is 1. The number of rotatable bonds is 10. The molecule has 3 rings (SSSR count). The first-order chi connectivity index (χ1) is 16.0. The van der Waals surface area contributed by atoms with Crippen LogP contribution < -0.4 is 5.32 Å². The quantitative estimate of drug-likeness (QED) is 0.365. The van der Waals surface area contributed by atoms with Crippen LogP contribution >= 0.6 is 0 Å². The third-order valence-corrected chi connectivity index (χ3v) is 5.65. The van der Waals surface area contributed by atoms with Crippen LogP contribution in [0.4, 0.5) is 5.69 Å². The van der Waals surface area contributed by atoms with Crippen molar-refractivity contribution in [3.05, 3.63) is 78.1 Å². The van der Waals surface area contributed by atoms with E-state index in [0.29, 0.717) is 30.9 Å². The third-order valence-electron chi connectivity index (χ3n) is 5.65. The second-order valence-electron chi connectivity index (χ2n) is 7.75. The Balaban J connectivity index is 1.95. The van der Waals surface area contributed by atoms with Gasteiger partial charge < -0.3 is 29.7 Å². The lowest BCUT2D eigenvalue weighted by Crippen LogP contribution is -2.37. The van der Waals surface area contributed by atoms with Gasteiger partial charge in [-0.05, 0) is 43.5 Å². The Morgan fingerprint density at radius 2 is 1.91 bits per heavy atom. The number of benzene rings is 2. The van der Waals surface area contributed by atoms with Gasteiger partial charge in [0.1, 0.15) is 11.5 Å². The number of allylic oxidation sites excluding steroid dienone is 1. The molecule has 3 N–H and O–H groups in total. The summed E-state index contributed by atoms with van der Waals surface area (Å²) in [7, 11) is 1.57. The first-order valence-electron chi connectivity index (χ1n) is 11.0. The average Bonchev–Trinajstić information content (AvgIpc) is 2.84. The molecule has 2 aromatic carbocycles. The second-order valence-corrected chi connectivity index (χ2v) is 7.75. The van der Waals surface area contributed by atoms with Crippen molar-refractivity contribution in [3.63, 3.8) is 0 Å². The fourth-order valence-electron chi connectivity index (χ4n) is 3.92. The minimum Gasteiger partial charge on any atom is -0.506 e. The van der Waals surface area contributed by atoms with Crippen LogP contribution in [-0.2, 0) is 19.0 Å². The number of hydrogen-bond acceptors (Lipinski definition) is 6. The van der Waals surface area contributed by atoms with Gasteiger partial charge in [-0.2, -0.15) is 0 Å². The Hall–Kier alpha value is -3.29. The van der Waals surface area contributed by atoms with Gasteiger partial charge in [0, 0.05) is 30.6 Å².